The normalized spacial score (nSPS) is 15.5. The second-order valence-electron chi connectivity index (χ2n) is 7.21. The molecule has 1 aromatic heterocycles. The van der Waals surface area contributed by atoms with Crippen LogP contribution in [0.25, 0.3) is 0 Å². The first-order chi connectivity index (χ1) is 15.2. The minimum atomic E-state index is -0.318. The van der Waals surface area contributed by atoms with Gasteiger partial charge in [0.2, 0.25) is 0 Å². The summed E-state index contributed by atoms with van der Waals surface area (Å²) in [4.78, 5) is 30.4. The molecular weight excluding hydrogens is 414 g/mol. The molecule has 2 amide bonds. The van der Waals surface area contributed by atoms with Crippen LogP contribution in [-0.4, -0.2) is 41.1 Å². The molecule has 2 aromatic carbocycles. The van der Waals surface area contributed by atoms with Gasteiger partial charge in [-0.3, -0.25) is 9.78 Å². The zero-order chi connectivity index (χ0) is 21.5. The molecule has 0 aliphatic carbocycles. The number of nitrogens with one attached hydrogen (secondary N) is 1. The highest BCUT2D eigenvalue weighted by molar-refractivity contribution is 7.11. The molecule has 8 heteroatoms. The van der Waals surface area contributed by atoms with Gasteiger partial charge in [0.25, 0.3) is 5.91 Å². The average molecular weight is 438 g/mol. The van der Waals surface area contributed by atoms with Crippen molar-refractivity contribution in [1.29, 1.82) is 0 Å². The molecule has 1 aliphatic rings. The number of carbonyl (C=O) groups excluding carboxylic acids is 2. The van der Waals surface area contributed by atoms with E-state index in [1.165, 1.54) is 11.3 Å². The molecule has 1 fully saturated rings. The zero-order valence-corrected chi connectivity index (χ0v) is 17.7. The summed E-state index contributed by atoms with van der Waals surface area (Å²) in [6.45, 7) is 1.81. The number of thiazole rings is 1. The molecule has 2 heterocycles. The van der Waals surface area contributed by atoms with Crippen molar-refractivity contribution in [2.75, 3.05) is 13.1 Å². The number of aromatic nitrogens is 1. The number of likely N-dealkylation sites (tertiary alicyclic amines) is 1. The maximum Gasteiger partial charge on any atom is 0.410 e. The van der Waals surface area contributed by atoms with E-state index in [1.807, 2.05) is 54.6 Å². The van der Waals surface area contributed by atoms with E-state index in [0.29, 0.717) is 24.5 Å². The lowest BCUT2D eigenvalue weighted by atomic mass is 10.2. The van der Waals surface area contributed by atoms with Crippen LogP contribution in [0.1, 0.15) is 27.2 Å². The number of nitrogens with zero attached hydrogens (tertiary/aromatic N) is 2. The number of benzene rings is 2. The van der Waals surface area contributed by atoms with Gasteiger partial charge in [-0.2, -0.15) is 0 Å². The Morgan fingerprint density at radius 3 is 2.65 bits per heavy atom. The molecule has 7 nitrogen and oxygen atoms in total. The fourth-order valence-corrected chi connectivity index (χ4v) is 3.81. The fraction of sp³-hybridized carbons (Fsp3) is 0.261. The number of hydrogen-bond donors (Lipinski definition) is 1. The van der Waals surface area contributed by atoms with E-state index in [1.54, 1.807) is 16.6 Å². The van der Waals surface area contributed by atoms with E-state index in [-0.39, 0.29) is 24.7 Å². The topological polar surface area (TPSA) is 80.8 Å². The van der Waals surface area contributed by atoms with Gasteiger partial charge in [-0.15, -0.1) is 11.3 Å². The number of amides is 2. The van der Waals surface area contributed by atoms with Crippen LogP contribution in [-0.2, 0) is 17.9 Å². The molecule has 1 atom stereocenters. The first kappa shape index (κ1) is 20.9. The van der Waals surface area contributed by atoms with Gasteiger partial charge in [0.05, 0.1) is 18.3 Å². The van der Waals surface area contributed by atoms with Gasteiger partial charge in [-0.1, -0.05) is 42.5 Å². The fourth-order valence-electron chi connectivity index (χ4n) is 3.28. The van der Waals surface area contributed by atoms with Crippen molar-refractivity contribution >= 4 is 23.3 Å². The summed E-state index contributed by atoms with van der Waals surface area (Å²) in [7, 11) is 0. The highest BCUT2D eigenvalue weighted by atomic mass is 32.1. The first-order valence-corrected chi connectivity index (χ1v) is 10.9. The van der Waals surface area contributed by atoms with Gasteiger partial charge >= 0.3 is 6.09 Å². The third-order valence-corrected chi connectivity index (χ3v) is 5.72. The molecule has 0 radical (unpaired) electrons. The number of ether oxygens (including phenoxy) is 2. The predicted molar refractivity (Wildman–Crippen MR) is 117 cm³/mol. The molecule has 0 bridgehead atoms. The molecule has 31 heavy (non-hydrogen) atoms. The van der Waals surface area contributed by atoms with Crippen LogP contribution in [0, 0.1) is 0 Å². The van der Waals surface area contributed by atoms with Crippen molar-refractivity contribution in [2.24, 2.45) is 0 Å². The maximum absolute atomic E-state index is 12.3. The lowest BCUT2D eigenvalue weighted by Gasteiger charge is -2.17. The van der Waals surface area contributed by atoms with E-state index in [4.69, 9.17) is 9.47 Å². The summed E-state index contributed by atoms with van der Waals surface area (Å²) < 4.78 is 11.4. The molecule has 1 N–H and O–H groups in total. The lowest BCUT2D eigenvalue weighted by molar-refractivity contribution is 0.0953. The molecular formula is C23H23N3O4S. The Morgan fingerprint density at radius 2 is 1.90 bits per heavy atom. The summed E-state index contributed by atoms with van der Waals surface area (Å²) in [5.41, 5.74) is 3.57. The molecule has 3 aromatic rings. The van der Waals surface area contributed by atoms with Crippen LogP contribution >= 0.6 is 11.3 Å². The minimum absolute atomic E-state index is 0.0684. The molecule has 1 unspecified atom stereocenters. The van der Waals surface area contributed by atoms with Crippen molar-refractivity contribution in [3.8, 4) is 5.75 Å². The van der Waals surface area contributed by atoms with Gasteiger partial charge in [-0.05, 0) is 23.3 Å². The number of hydrogen-bond acceptors (Lipinski definition) is 6. The highest BCUT2D eigenvalue weighted by Crippen LogP contribution is 2.20. The van der Waals surface area contributed by atoms with Crippen LogP contribution < -0.4 is 10.1 Å². The largest absolute Gasteiger partial charge is 0.489 e. The Morgan fingerprint density at radius 1 is 1.10 bits per heavy atom. The summed E-state index contributed by atoms with van der Waals surface area (Å²) in [6.07, 6.45) is 1.93. The Balaban J connectivity index is 1.21. The second kappa shape index (κ2) is 10.1. The van der Waals surface area contributed by atoms with E-state index in [0.717, 1.165) is 23.3 Å². The van der Waals surface area contributed by atoms with Crippen LogP contribution in [0.5, 0.6) is 5.75 Å². The van der Waals surface area contributed by atoms with E-state index < -0.39 is 0 Å². The van der Waals surface area contributed by atoms with Crippen molar-refractivity contribution in [3.63, 3.8) is 0 Å². The van der Waals surface area contributed by atoms with Crippen LogP contribution in [0.4, 0.5) is 4.79 Å². The van der Waals surface area contributed by atoms with Crippen LogP contribution in [0.3, 0.4) is 0 Å². The minimum Gasteiger partial charge on any atom is -0.489 e. The number of rotatable bonds is 7. The SMILES string of the molecule is O=C(NCc1ccc(OC2CCN(C(=O)OCc3ccccc3)C2)cc1)c1cncs1. The third-order valence-electron chi connectivity index (χ3n) is 4.94. The Hall–Kier alpha value is -3.39. The van der Waals surface area contributed by atoms with Crippen molar-refractivity contribution in [1.82, 2.24) is 15.2 Å². The van der Waals surface area contributed by atoms with Crippen LogP contribution in [0.2, 0.25) is 0 Å². The molecule has 0 spiro atoms. The summed E-state index contributed by atoms with van der Waals surface area (Å²) in [5, 5.41) is 2.87. The van der Waals surface area contributed by atoms with Gasteiger partial charge in [-0.25, -0.2) is 4.79 Å². The quantitative estimate of drug-likeness (QED) is 0.607. The second-order valence-corrected chi connectivity index (χ2v) is 8.09. The molecule has 1 saturated heterocycles. The standard InChI is InChI=1S/C23H23N3O4S/c27-22(21-13-24-16-31-21)25-12-17-6-8-19(9-7-17)30-20-10-11-26(14-20)23(28)29-15-18-4-2-1-3-5-18/h1-9,13,16,20H,10-12,14-15H2,(H,25,27). The smallest absolute Gasteiger partial charge is 0.410 e. The van der Waals surface area contributed by atoms with Gasteiger partial charge in [0.1, 0.15) is 23.3 Å². The maximum atomic E-state index is 12.3. The van der Waals surface area contributed by atoms with Crippen molar-refractivity contribution < 1.29 is 19.1 Å². The Labute approximate surface area is 184 Å². The molecule has 4 rings (SSSR count). The first-order valence-electron chi connectivity index (χ1n) is 10.1. The van der Waals surface area contributed by atoms with Gasteiger partial charge in [0, 0.05) is 19.5 Å². The molecule has 160 valence electrons. The van der Waals surface area contributed by atoms with E-state index >= 15 is 0 Å². The zero-order valence-electron chi connectivity index (χ0n) is 16.9. The lowest BCUT2D eigenvalue weighted by Crippen LogP contribution is -2.31. The van der Waals surface area contributed by atoms with Gasteiger partial charge in [0.15, 0.2) is 0 Å². The molecule has 0 saturated carbocycles. The highest BCUT2D eigenvalue weighted by Gasteiger charge is 2.28. The van der Waals surface area contributed by atoms with Crippen molar-refractivity contribution in [3.05, 3.63) is 82.3 Å². The summed E-state index contributed by atoms with van der Waals surface area (Å²) >= 11 is 1.31. The molecule has 1 aliphatic heterocycles. The van der Waals surface area contributed by atoms with Gasteiger partial charge < -0.3 is 19.7 Å². The number of carbonyl (C=O) groups is 2. The van der Waals surface area contributed by atoms with E-state index in [2.05, 4.69) is 10.3 Å². The van der Waals surface area contributed by atoms with Crippen molar-refractivity contribution in [2.45, 2.75) is 25.7 Å². The average Bonchev–Trinajstić information content (AvgIpc) is 3.50. The summed E-state index contributed by atoms with van der Waals surface area (Å²) in [6, 6.07) is 17.2. The summed E-state index contributed by atoms with van der Waals surface area (Å²) in [5.74, 6) is 0.607. The van der Waals surface area contributed by atoms with Crippen LogP contribution in [0.15, 0.2) is 66.3 Å². The Bertz CT molecular complexity index is 993. The Kier molecular flexibility index (Phi) is 6.78. The monoisotopic (exact) mass is 437 g/mol. The van der Waals surface area contributed by atoms with E-state index in [9.17, 15) is 9.59 Å². The predicted octanol–water partition coefficient (Wildman–Crippen LogP) is 3.86. The third kappa shape index (κ3) is 5.82.